The van der Waals surface area contributed by atoms with Crippen molar-refractivity contribution in [2.24, 2.45) is 5.92 Å². The zero-order valence-electron chi connectivity index (χ0n) is 31.2. The van der Waals surface area contributed by atoms with E-state index in [0.29, 0.717) is 30.9 Å². The maximum absolute atomic E-state index is 14.8. The number of aliphatic hydroxyl groups excluding tert-OH is 1. The van der Waals surface area contributed by atoms with Crippen LogP contribution in [0.4, 0.5) is 11.4 Å². The lowest BCUT2D eigenvalue weighted by molar-refractivity contribution is -0.146. The van der Waals surface area contributed by atoms with Gasteiger partial charge < -0.3 is 29.8 Å². The predicted octanol–water partition coefficient (Wildman–Crippen LogP) is 6.50. The Labute approximate surface area is 321 Å². The van der Waals surface area contributed by atoms with Gasteiger partial charge >= 0.3 is 0 Å². The van der Waals surface area contributed by atoms with E-state index in [1.807, 2.05) is 136 Å². The number of nitrogens with one attached hydrogen (secondary N) is 2. The number of aromatic nitrogens is 4. The maximum Gasteiger partial charge on any atom is 0.264 e. The highest BCUT2D eigenvalue weighted by molar-refractivity contribution is 6.71. The Balaban J connectivity index is 0.985. The molecule has 282 valence electrons. The van der Waals surface area contributed by atoms with Crippen LogP contribution in [0.1, 0.15) is 47.2 Å². The third-order valence-corrected chi connectivity index (χ3v) is 13.9. The normalized spacial score (nSPS) is 21.4. The fourth-order valence-electron chi connectivity index (χ4n) is 8.89. The second kappa shape index (κ2) is 14.7. The molecule has 2 aromatic heterocycles. The number of para-hydroxylation sites is 2. The molecule has 1 fully saturated rings. The minimum absolute atomic E-state index is 0.0912. The molecule has 0 bridgehead atoms. The highest BCUT2D eigenvalue weighted by Gasteiger charge is 2.66. The van der Waals surface area contributed by atoms with Crippen LogP contribution in [0.25, 0.3) is 10.9 Å². The molecule has 0 saturated carbocycles. The molecule has 11 nitrogen and oxygen atoms in total. The van der Waals surface area contributed by atoms with E-state index in [2.05, 4.69) is 20.6 Å². The zero-order chi connectivity index (χ0) is 38.3. The molecular weight excluding hydrogens is 709 g/mol. The van der Waals surface area contributed by atoms with Crippen LogP contribution in [0.2, 0.25) is 18.6 Å². The molecule has 12 heteroatoms. The third-order valence-electron chi connectivity index (χ3n) is 11.4. The molecule has 4 N–H and O–H groups in total. The zero-order valence-corrected chi connectivity index (χ0v) is 32.2. The Bertz CT molecular complexity index is 2320. The van der Waals surface area contributed by atoms with Gasteiger partial charge in [0, 0.05) is 52.6 Å². The van der Waals surface area contributed by atoms with Gasteiger partial charge in [-0.15, -0.1) is 5.10 Å². The Morgan fingerprint density at radius 1 is 1.00 bits per heavy atom. The molecule has 2 aliphatic heterocycles. The van der Waals surface area contributed by atoms with Crippen LogP contribution in [0.5, 0.6) is 0 Å². The Morgan fingerprint density at radius 2 is 1.73 bits per heavy atom. The quantitative estimate of drug-likeness (QED) is 0.104. The Morgan fingerprint density at radius 3 is 2.49 bits per heavy atom. The number of aryl methyl sites for hydroxylation is 1. The summed E-state index contributed by atoms with van der Waals surface area (Å²) < 4.78 is 8.76. The lowest BCUT2D eigenvalue weighted by Crippen LogP contribution is -2.46. The first kappa shape index (κ1) is 36.6. The molecule has 4 aromatic carbocycles. The minimum atomic E-state index is -2.86. The number of carbonyl (C=O) groups excluding carboxylic acids is 2. The summed E-state index contributed by atoms with van der Waals surface area (Å²) in [6.07, 6.45) is 4.10. The van der Waals surface area contributed by atoms with Crippen LogP contribution in [0, 0.1) is 5.92 Å². The first-order valence-corrected chi connectivity index (χ1v) is 21.9. The van der Waals surface area contributed by atoms with E-state index in [-0.39, 0.29) is 42.2 Å². The third kappa shape index (κ3) is 6.80. The van der Waals surface area contributed by atoms with Crippen LogP contribution in [-0.4, -0.2) is 62.7 Å². The van der Waals surface area contributed by atoms with Crippen molar-refractivity contribution in [2.75, 3.05) is 16.8 Å². The van der Waals surface area contributed by atoms with Crippen LogP contribution >= 0.6 is 0 Å². The van der Waals surface area contributed by atoms with Gasteiger partial charge in [0.1, 0.15) is 0 Å². The van der Waals surface area contributed by atoms with E-state index in [9.17, 15) is 19.5 Å². The summed E-state index contributed by atoms with van der Waals surface area (Å²) in [7, 11) is -2.86. The van der Waals surface area contributed by atoms with Crippen molar-refractivity contribution < 1.29 is 24.2 Å². The molecule has 2 aliphatic rings. The number of aromatic amines is 1. The number of H-pyrrole nitrogens is 1. The number of amides is 2. The van der Waals surface area contributed by atoms with Gasteiger partial charge in [-0.3, -0.25) is 14.3 Å². The van der Waals surface area contributed by atoms with Crippen LogP contribution in [0.15, 0.2) is 116 Å². The second-order valence-electron chi connectivity index (χ2n) is 15.4. The topological polar surface area (TPSA) is 146 Å². The number of anilines is 2. The van der Waals surface area contributed by atoms with Crippen molar-refractivity contribution >= 4 is 42.4 Å². The van der Waals surface area contributed by atoms with E-state index in [1.54, 1.807) is 9.58 Å². The van der Waals surface area contributed by atoms with Gasteiger partial charge in [0.25, 0.3) is 5.91 Å². The smallest absolute Gasteiger partial charge is 0.264 e. The van der Waals surface area contributed by atoms with Crippen molar-refractivity contribution in [2.45, 2.75) is 69.1 Å². The van der Waals surface area contributed by atoms with Crippen molar-refractivity contribution in [1.82, 2.24) is 20.0 Å². The summed E-state index contributed by atoms with van der Waals surface area (Å²) in [5.41, 5.74) is 5.29. The number of ether oxygens (including phenoxy) is 1. The van der Waals surface area contributed by atoms with E-state index < -0.39 is 20.0 Å². The largest absolute Gasteiger partial charge is 0.432 e. The average Bonchev–Trinajstić information content (AvgIpc) is 3.94. The van der Waals surface area contributed by atoms with E-state index in [4.69, 9.17) is 4.74 Å². The number of carbonyl (C=O) groups is 2. The molecule has 0 radical (unpaired) electrons. The van der Waals surface area contributed by atoms with Gasteiger partial charge in [-0.1, -0.05) is 91.0 Å². The number of fused-ring (bicyclic) bond motifs is 3. The van der Waals surface area contributed by atoms with Gasteiger partial charge in [0.15, 0.2) is 13.9 Å². The fourth-order valence-corrected chi connectivity index (χ4v) is 11.5. The molecule has 4 heterocycles. The van der Waals surface area contributed by atoms with Crippen molar-refractivity contribution in [3.63, 3.8) is 0 Å². The SMILES string of the molecule is C[C@@H]1[C@@H]([Si](C)(C)O)[C@H](CCn2cc(C(CO)c3ccccc3)nn2)O[C@@]12C(=O)N(Cc1ccc(NC(=O)Cc3c[nH]c4ccccc34)cc1)c1ccccc12. The summed E-state index contributed by atoms with van der Waals surface area (Å²) in [5.74, 6) is -0.830. The summed E-state index contributed by atoms with van der Waals surface area (Å²) >= 11 is 0. The number of nitrogens with zero attached hydrogens (tertiary/aromatic N) is 4. The molecule has 2 amide bonds. The average molecular weight is 755 g/mol. The summed E-state index contributed by atoms with van der Waals surface area (Å²) in [5, 5.41) is 23.0. The van der Waals surface area contributed by atoms with Crippen LogP contribution in [-0.2, 0) is 39.4 Å². The lowest BCUT2D eigenvalue weighted by Gasteiger charge is -2.32. The minimum Gasteiger partial charge on any atom is -0.432 e. The predicted molar refractivity (Wildman–Crippen MR) is 214 cm³/mol. The molecule has 55 heavy (non-hydrogen) atoms. The molecule has 0 aliphatic carbocycles. The monoisotopic (exact) mass is 754 g/mol. The molecule has 1 spiro atoms. The standard InChI is InChI=1S/C43H46N6O5Si/c1-28-41(55(2,3)53)39(21-22-48-26-37(46-47-48)34(27-50)30-11-5-4-6-12-30)54-43(28)35-14-8-10-16-38(35)49(42(43)52)25-29-17-19-32(20-18-29)45-40(51)23-31-24-44-36-15-9-7-13-33(31)36/h4-20,24,26,28,34,39,41,44,50,53H,21-23,25,27H2,1-3H3,(H,45,51)/t28-,34?,39+,41-,43+/m1/s1. The molecule has 1 saturated heterocycles. The first-order valence-electron chi connectivity index (χ1n) is 18.9. The van der Waals surface area contributed by atoms with Gasteiger partial charge in [-0.25, -0.2) is 0 Å². The van der Waals surface area contributed by atoms with Crippen molar-refractivity contribution in [1.29, 1.82) is 0 Å². The highest BCUT2D eigenvalue weighted by Crippen LogP contribution is 2.59. The number of aliphatic hydroxyl groups is 1. The second-order valence-corrected chi connectivity index (χ2v) is 19.4. The summed E-state index contributed by atoms with van der Waals surface area (Å²) in [6.45, 7) is 6.59. The van der Waals surface area contributed by atoms with E-state index >= 15 is 0 Å². The molecule has 8 rings (SSSR count). The maximum atomic E-state index is 14.8. The van der Waals surface area contributed by atoms with Gasteiger partial charge in [0.2, 0.25) is 5.91 Å². The van der Waals surface area contributed by atoms with Gasteiger partial charge in [-0.05, 0) is 60.5 Å². The Hall–Kier alpha value is -5.40. The molecular formula is C43H46N6O5Si. The number of rotatable bonds is 12. The van der Waals surface area contributed by atoms with Crippen molar-refractivity contribution in [3.05, 3.63) is 143 Å². The van der Waals surface area contributed by atoms with E-state index in [0.717, 1.165) is 38.8 Å². The number of hydrogen-bond acceptors (Lipinski definition) is 7. The number of hydrogen-bond donors (Lipinski definition) is 4. The van der Waals surface area contributed by atoms with Gasteiger partial charge in [-0.2, -0.15) is 0 Å². The van der Waals surface area contributed by atoms with E-state index in [1.165, 1.54) is 0 Å². The number of benzene rings is 4. The van der Waals surface area contributed by atoms with Gasteiger partial charge in [0.05, 0.1) is 43.0 Å². The van der Waals surface area contributed by atoms with Crippen molar-refractivity contribution in [3.8, 4) is 0 Å². The lowest BCUT2D eigenvalue weighted by atomic mass is 9.82. The van der Waals surface area contributed by atoms with Crippen LogP contribution < -0.4 is 10.2 Å². The molecule has 6 aromatic rings. The summed E-state index contributed by atoms with van der Waals surface area (Å²) in [4.78, 5) is 44.5. The fraction of sp³-hybridized carbons (Fsp3) is 0.302. The molecule has 1 unspecified atom stereocenters. The molecule has 5 atom stereocenters. The first-order chi connectivity index (χ1) is 26.6. The van der Waals surface area contributed by atoms with Crippen LogP contribution in [0.3, 0.4) is 0 Å². The highest BCUT2D eigenvalue weighted by atomic mass is 28.4. The summed E-state index contributed by atoms with van der Waals surface area (Å²) in [6, 6.07) is 33.1. The Kier molecular flexibility index (Phi) is 9.76.